The van der Waals surface area contributed by atoms with Crippen molar-refractivity contribution in [3.8, 4) is 5.75 Å². The maximum Gasteiger partial charge on any atom is 0.258 e. The lowest BCUT2D eigenvalue weighted by Crippen LogP contribution is -2.63. The summed E-state index contributed by atoms with van der Waals surface area (Å²) in [4.78, 5) is 11.9. The second-order valence-electron chi connectivity index (χ2n) is 12.0. The van der Waals surface area contributed by atoms with Gasteiger partial charge in [0, 0.05) is 17.6 Å². The zero-order valence-electron chi connectivity index (χ0n) is 18.9. The maximum atomic E-state index is 11.9. The van der Waals surface area contributed by atoms with Gasteiger partial charge in [0.2, 0.25) is 0 Å². The van der Waals surface area contributed by atoms with Crippen LogP contribution in [0.2, 0.25) is 0 Å². The van der Waals surface area contributed by atoms with Crippen molar-refractivity contribution >= 4 is 5.91 Å². The minimum absolute atomic E-state index is 0.0521. The van der Waals surface area contributed by atoms with E-state index in [9.17, 15) is 4.79 Å². The summed E-state index contributed by atoms with van der Waals surface area (Å²) in [5, 5.41) is 6.90. The molecule has 4 saturated carbocycles. The lowest BCUT2D eigenvalue weighted by atomic mass is 9.43. The first-order chi connectivity index (χ1) is 13.5. The van der Waals surface area contributed by atoms with Crippen molar-refractivity contribution in [2.45, 2.75) is 90.8 Å². The van der Waals surface area contributed by atoms with Gasteiger partial charge in [-0.05, 0) is 93.7 Å². The molecule has 1 amide bonds. The van der Waals surface area contributed by atoms with Crippen LogP contribution in [0.25, 0.3) is 0 Å². The van der Waals surface area contributed by atoms with Crippen LogP contribution in [0.4, 0.5) is 0 Å². The highest BCUT2D eigenvalue weighted by Gasteiger charge is 2.59. The van der Waals surface area contributed by atoms with Gasteiger partial charge in [0.15, 0.2) is 6.61 Å². The molecule has 4 fully saturated rings. The molecular weight excluding hydrogens is 360 g/mol. The Morgan fingerprint density at radius 3 is 2.21 bits per heavy atom. The largest absolute Gasteiger partial charge is 0.484 e. The summed E-state index contributed by atoms with van der Waals surface area (Å²) in [7, 11) is 0. The predicted molar refractivity (Wildman–Crippen MR) is 117 cm³/mol. The lowest BCUT2D eigenvalue weighted by molar-refractivity contribution is -0.124. The number of carbonyl (C=O) groups is 1. The number of nitrogens with one attached hydrogen (secondary N) is 2. The Morgan fingerprint density at radius 2 is 1.66 bits per heavy atom. The number of carbonyl (C=O) groups excluding carboxylic acids is 1. The average Bonchev–Trinajstić information content (AvgIpc) is 2.54. The predicted octanol–water partition coefficient (Wildman–Crippen LogP) is 4.82. The Morgan fingerprint density at radius 1 is 1.03 bits per heavy atom. The summed E-state index contributed by atoms with van der Waals surface area (Å²) in [6.45, 7) is 11.9. The first-order valence-corrected chi connectivity index (χ1v) is 11.2. The first-order valence-electron chi connectivity index (χ1n) is 11.2. The van der Waals surface area contributed by atoms with Crippen LogP contribution in [0.3, 0.4) is 0 Å². The molecule has 4 heteroatoms. The molecule has 0 aromatic heterocycles. The van der Waals surface area contributed by atoms with Crippen LogP contribution >= 0.6 is 0 Å². The van der Waals surface area contributed by atoms with Crippen molar-refractivity contribution in [3.63, 3.8) is 0 Å². The Hall–Kier alpha value is -1.55. The SMILES string of the molecule is CC(C)(C)NC(=O)COc1ccc(CNC23CC4C[C@@](C)(C2)C[C@](C)(C4)C3)cc1. The van der Waals surface area contributed by atoms with Gasteiger partial charge in [-0.25, -0.2) is 0 Å². The van der Waals surface area contributed by atoms with E-state index in [1.807, 2.05) is 32.9 Å². The maximum absolute atomic E-state index is 11.9. The van der Waals surface area contributed by atoms with Crippen LogP contribution in [0, 0.1) is 16.7 Å². The van der Waals surface area contributed by atoms with Crippen molar-refractivity contribution in [2.75, 3.05) is 6.61 Å². The van der Waals surface area contributed by atoms with Crippen molar-refractivity contribution in [1.29, 1.82) is 0 Å². The molecule has 4 nitrogen and oxygen atoms in total. The zero-order chi connectivity index (χ0) is 20.9. The number of hydrogen-bond acceptors (Lipinski definition) is 3. The van der Waals surface area contributed by atoms with Crippen LogP contribution in [-0.2, 0) is 11.3 Å². The van der Waals surface area contributed by atoms with E-state index in [-0.39, 0.29) is 18.1 Å². The topological polar surface area (TPSA) is 50.4 Å². The smallest absolute Gasteiger partial charge is 0.258 e. The van der Waals surface area contributed by atoms with E-state index in [1.54, 1.807) is 0 Å². The van der Waals surface area contributed by atoms with E-state index in [0.717, 1.165) is 18.2 Å². The van der Waals surface area contributed by atoms with Crippen molar-refractivity contribution in [1.82, 2.24) is 10.6 Å². The van der Waals surface area contributed by atoms with E-state index < -0.39 is 0 Å². The standard InChI is InChI=1S/C25H38N2O2/c1-22(2,3)27-21(28)14-29-20-8-6-18(7-9-20)13-26-25-12-19-10-23(4,16-25)15-24(5,11-19)17-25/h6-9,19,26H,10-17H2,1-5H3,(H,27,28)/t19?,23-,24+,25?. The average molecular weight is 399 g/mol. The van der Waals surface area contributed by atoms with E-state index in [2.05, 4.69) is 36.6 Å². The molecule has 4 bridgehead atoms. The van der Waals surface area contributed by atoms with E-state index in [0.29, 0.717) is 16.4 Å². The molecule has 0 spiro atoms. The van der Waals surface area contributed by atoms with Gasteiger partial charge in [-0.15, -0.1) is 0 Å². The second-order valence-corrected chi connectivity index (χ2v) is 12.0. The molecule has 0 aliphatic heterocycles. The number of benzene rings is 1. The van der Waals surface area contributed by atoms with Gasteiger partial charge < -0.3 is 15.4 Å². The Balaban J connectivity index is 1.31. The highest BCUT2D eigenvalue weighted by atomic mass is 16.5. The van der Waals surface area contributed by atoms with Crippen LogP contribution in [0.1, 0.15) is 78.7 Å². The first kappa shape index (κ1) is 20.7. The van der Waals surface area contributed by atoms with Gasteiger partial charge in [0.1, 0.15) is 5.75 Å². The summed E-state index contributed by atoms with van der Waals surface area (Å²) in [6.07, 6.45) is 8.28. The third-order valence-electron chi connectivity index (χ3n) is 7.10. The van der Waals surface area contributed by atoms with Crippen molar-refractivity contribution < 1.29 is 9.53 Å². The highest BCUT2D eigenvalue weighted by molar-refractivity contribution is 5.78. The third kappa shape index (κ3) is 4.79. The molecule has 5 rings (SSSR count). The fourth-order valence-corrected chi connectivity index (χ4v) is 7.24. The van der Waals surface area contributed by atoms with Crippen molar-refractivity contribution in [3.05, 3.63) is 29.8 Å². The molecule has 0 radical (unpaired) electrons. The number of hydrogen-bond donors (Lipinski definition) is 2. The second kappa shape index (κ2) is 7.01. The Kier molecular flexibility index (Phi) is 5.00. The minimum atomic E-state index is -0.235. The summed E-state index contributed by atoms with van der Waals surface area (Å²) < 4.78 is 5.64. The molecular formula is C25H38N2O2. The molecule has 160 valence electrons. The molecule has 4 atom stereocenters. The monoisotopic (exact) mass is 398 g/mol. The molecule has 2 N–H and O–H groups in total. The molecule has 1 aromatic carbocycles. The van der Waals surface area contributed by atoms with Gasteiger partial charge in [-0.2, -0.15) is 0 Å². The third-order valence-corrected chi connectivity index (χ3v) is 7.10. The quantitative estimate of drug-likeness (QED) is 0.722. The fraction of sp³-hybridized carbons (Fsp3) is 0.720. The molecule has 4 aliphatic rings. The molecule has 0 saturated heterocycles. The van der Waals surface area contributed by atoms with Crippen molar-refractivity contribution in [2.24, 2.45) is 16.7 Å². The fourth-order valence-electron chi connectivity index (χ4n) is 7.24. The minimum Gasteiger partial charge on any atom is -0.484 e. The molecule has 4 aliphatic carbocycles. The normalized spacial score (nSPS) is 35.6. The summed E-state index contributed by atoms with van der Waals surface area (Å²) in [6, 6.07) is 8.19. The van der Waals surface area contributed by atoms with Crippen LogP contribution < -0.4 is 15.4 Å². The van der Waals surface area contributed by atoms with Gasteiger partial charge in [-0.1, -0.05) is 26.0 Å². The molecule has 29 heavy (non-hydrogen) atoms. The van der Waals surface area contributed by atoms with Crippen LogP contribution in [0.15, 0.2) is 24.3 Å². The Bertz CT molecular complexity index is 746. The Labute approximate surface area is 176 Å². The summed E-state index contributed by atoms with van der Waals surface area (Å²) >= 11 is 0. The molecule has 2 unspecified atom stereocenters. The highest BCUT2D eigenvalue weighted by Crippen LogP contribution is 2.66. The zero-order valence-corrected chi connectivity index (χ0v) is 18.9. The molecule has 0 heterocycles. The van der Waals surface area contributed by atoms with Crippen LogP contribution in [-0.4, -0.2) is 23.6 Å². The van der Waals surface area contributed by atoms with E-state index in [4.69, 9.17) is 4.74 Å². The van der Waals surface area contributed by atoms with Gasteiger partial charge in [0.05, 0.1) is 0 Å². The van der Waals surface area contributed by atoms with Gasteiger partial charge >= 0.3 is 0 Å². The summed E-state index contributed by atoms with van der Waals surface area (Å²) in [5.41, 5.74) is 2.44. The summed E-state index contributed by atoms with van der Waals surface area (Å²) in [5.74, 6) is 1.56. The molecule has 1 aromatic rings. The van der Waals surface area contributed by atoms with E-state index >= 15 is 0 Å². The number of rotatable bonds is 6. The van der Waals surface area contributed by atoms with E-state index in [1.165, 1.54) is 44.1 Å². The number of ether oxygens (including phenoxy) is 1. The van der Waals surface area contributed by atoms with Gasteiger partial charge in [0.25, 0.3) is 5.91 Å². The number of amides is 1. The lowest BCUT2D eigenvalue weighted by Gasteiger charge is -2.65. The van der Waals surface area contributed by atoms with Gasteiger partial charge in [-0.3, -0.25) is 4.79 Å². The van der Waals surface area contributed by atoms with Crippen LogP contribution in [0.5, 0.6) is 5.75 Å².